The van der Waals surface area contributed by atoms with Crippen molar-refractivity contribution in [1.82, 2.24) is 9.80 Å². The maximum atomic E-state index is 13.7. The lowest BCUT2D eigenvalue weighted by Crippen LogP contribution is -2.51. The molecule has 1 aliphatic rings. The van der Waals surface area contributed by atoms with Gasteiger partial charge in [-0.2, -0.15) is 0 Å². The van der Waals surface area contributed by atoms with Crippen LogP contribution in [0.4, 0.5) is 17.6 Å². The highest BCUT2D eigenvalue weighted by Crippen LogP contribution is 2.17. The first-order valence-corrected chi connectivity index (χ1v) is 9.46. The molecule has 0 bridgehead atoms. The number of halogens is 5. The summed E-state index contributed by atoms with van der Waals surface area (Å²) in [5.41, 5.74) is 6.18. The Bertz CT molecular complexity index is 935. The number of hydrogen-bond acceptors (Lipinski definition) is 3. The highest BCUT2D eigenvalue weighted by atomic mass is 35.5. The highest BCUT2D eigenvalue weighted by molar-refractivity contribution is 5.94. The fourth-order valence-corrected chi connectivity index (χ4v) is 3.36. The minimum atomic E-state index is -1.28. The molecule has 0 spiro atoms. The van der Waals surface area contributed by atoms with Gasteiger partial charge in [0, 0.05) is 50.3 Å². The van der Waals surface area contributed by atoms with Crippen LogP contribution in [-0.2, 0) is 11.2 Å². The lowest BCUT2D eigenvalue weighted by Gasteiger charge is -2.35. The molecule has 0 unspecified atom stereocenters. The molecule has 3 rings (SSSR count). The number of hydrogen-bond donors (Lipinski definition) is 1. The zero-order chi connectivity index (χ0) is 21.8. The fourth-order valence-electron chi connectivity index (χ4n) is 3.36. The number of nitrogens with zero attached hydrogens (tertiary/aromatic N) is 2. The maximum absolute atomic E-state index is 13.7. The zero-order valence-corrected chi connectivity index (χ0v) is 17.3. The Hall–Kier alpha value is -2.65. The molecule has 1 fully saturated rings. The number of amides is 2. The van der Waals surface area contributed by atoms with E-state index >= 15 is 0 Å². The minimum absolute atomic E-state index is 0. The molecule has 0 aliphatic carbocycles. The smallest absolute Gasteiger partial charge is 0.253 e. The summed E-state index contributed by atoms with van der Waals surface area (Å²) >= 11 is 0. The van der Waals surface area contributed by atoms with E-state index in [1.807, 2.05) is 0 Å². The third-order valence-electron chi connectivity index (χ3n) is 5.02. The third-order valence-corrected chi connectivity index (χ3v) is 5.02. The molecule has 2 amide bonds. The van der Waals surface area contributed by atoms with Gasteiger partial charge in [0.2, 0.25) is 5.91 Å². The Balaban J connectivity index is 0.00000341. The van der Waals surface area contributed by atoms with Crippen LogP contribution in [0.15, 0.2) is 36.4 Å². The van der Waals surface area contributed by atoms with Gasteiger partial charge in [-0.25, -0.2) is 17.6 Å². The van der Waals surface area contributed by atoms with Crippen molar-refractivity contribution in [3.05, 3.63) is 70.8 Å². The van der Waals surface area contributed by atoms with Gasteiger partial charge in [-0.1, -0.05) is 0 Å². The van der Waals surface area contributed by atoms with E-state index in [1.54, 1.807) is 9.80 Å². The first-order valence-electron chi connectivity index (χ1n) is 9.46. The van der Waals surface area contributed by atoms with Crippen LogP contribution in [0.5, 0.6) is 0 Å². The molecular formula is C21H22ClF4N3O2. The molecule has 2 N–H and O–H groups in total. The second-order valence-corrected chi connectivity index (χ2v) is 7.21. The molecule has 5 nitrogen and oxygen atoms in total. The van der Waals surface area contributed by atoms with E-state index in [0.29, 0.717) is 37.8 Å². The van der Waals surface area contributed by atoms with Crippen molar-refractivity contribution < 1.29 is 27.2 Å². The lowest BCUT2D eigenvalue weighted by molar-refractivity contribution is -0.133. The maximum Gasteiger partial charge on any atom is 0.253 e. The van der Waals surface area contributed by atoms with Crippen molar-refractivity contribution in [1.29, 1.82) is 0 Å². The first kappa shape index (κ1) is 24.6. The number of rotatable bonds is 5. The van der Waals surface area contributed by atoms with Crippen LogP contribution in [-0.4, -0.2) is 53.8 Å². The lowest BCUT2D eigenvalue weighted by atomic mass is 10.0. The number of piperazine rings is 1. The Morgan fingerprint density at radius 3 is 2.03 bits per heavy atom. The molecule has 0 saturated carbocycles. The van der Waals surface area contributed by atoms with E-state index in [2.05, 4.69) is 0 Å². The molecule has 1 aliphatic heterocycles. The van der Waals surface area contributed by atoms with E-state index in [4.69, 9.17) is 5.73 Å². The topological polar surface area (TPSA) is 66.6 Å². The second kappa shape index (κ2) is 10.6. The highest BCUT2D eigenvalue weighted by Gasteiger charge is 2.26. The Labute approximate surface area is 183 Å². The van der Waals surface area contributed by atoms with Gasteiger partial charge in [0.25, 0.3) is 5.91 Å². The van der Waals surface area contributed by atoms with Gasteiger partial charge in [-0.05, 0) is 42.3 Å². The number of benzene rings is 2. The van der Waals surface area contributed by atoms with Gasteiger partial charge in [0.15, 0.2) is 11.6 Å². The molecule has 168 valence electrons. The molecular weight excluding hydrogens is 438 g/mol. The van der Waals surface area contributed by atoms with Gasteiger partial charge in [0.1, 0.15) is 11.6 Å². The first-order chi connectivity index (χ1) is 14.2. The average molecular weight is 460 g/mol. The largest absolute Gasteiger partial charge is 0.339 e. The SMILES string of the molecule is Cl.N[C@@H](CC(=O)N1CCN(C(=O)c2ccc(F)cc2)CC1)Cc1cc(F)c(F)cc1F. The predicted molar refractivity (Wildman–Crippen MR) is 109 cm³/mol. The molecule has 2 aromatic rings. The molecule has 1 heterocycles. The van der Waals surface area contributed by atoms with Gasteiger partial charge < -0.3 is 15.5 Å². The quantitative estimate of drug-likeness (QED) is 0.552. The summed E-state index contributed by atoms with van der Waals surface area (Å²) in [6, 6.07) is 5.67. The van der Waals surface area contributed by atoms with Crippen LogP contribution in [0.3, 0.4) is 0 Å². The van der Waals surface area contributed by atoms with Crippen LogP contribution < -0.4 is 5.73 Å². The van der Waals surface area contributed by atoms with Crippen molar-refractivity contribution >= 4 is 24.2 Å². The molecule has 10 heteroatoms. The van der Waals surface area contributed by atoms with E-state index in [0.717, 1.165) is 6.07 Å². The number of nitrogens with two attached hydrogens (primary N) is 1. The summed E-state index contributed by atoms with van der Waals surface area (Å²) < 4.78 is 53.1. The second-order valence-electron chi connectivity index (χ2n) is 7.21. The summed E-state index contributed by atoms with van der Waals surface area (Å²) in [7, 11) is 0. The van der Waals surface area contributed by atoms with Crippen molar-refractivity contribution in [2.75, 3.05) is 26.2 Å². The molecule has 1 atom stereocenters. The van der Waals surface area contributed by atoms with Crippen LogP contribution in [0.2, 0.25) is 0 Å². The van der Waals surface area contributed by atoms with E-state index < -0.39 is 29.3 Å². The van der Waals surface area contributed by atoms with Crippen molar-refractivity contribution in [2.45, 2.75) is 18.9 Å². The Morgan fingerprint density at radius 2 is 1.42 bits per heavy atom. The zero-order valence-electron chi connectivity index (χ0n) is 16.5. The monoisotopic (exact) mass is 459 g/mol. The third kappa shape index (κ3) is 6.18. The van der Waals surface area contributed by atoms with Gasteiger partial charge >= 0.3 is 0 Å². The standard InChI is InChI=1S/C21H21F4N3O2.ClH/c22-15-3-1-13(2-4-15)21(30)28-7-5-27(6-8-28)20(29)11-16(26)9-14-10-18(24)19(25)12-17(14)23;/h1-4,10,12,16H,5-9,11,26H2;1H/t16-;/m1./s1. The Kier molecular flexibility index (Phi) is 8.41. The van der Waals surface area contributed by atoms with Gasteiger partial charge in [-0.3, -0.25) is 9.59 Å². The van der Waals surface area contributed by atoms with Crippen molar-refractivity contribution in [2.24, 2.45) is 5.73 Å². The summed E-state index contributed by atoms with van der Waals surface area (Å²) in [6.45, 7) is 1.24. The van der Waals surface area contributed by atoms with E-state index in [1.165, 1.54) is 24.3 Å². The van der Waals surface area contributed by atoms with Gasteiger partial charge in [0.05, 0.1) is 0 Å². The Morgan fingerprint density at radius 1 is 0.871 bits per heavy atom. The number of carbonyl (C=O) groups is 2. The summed E-state index contributed by atoms with van der Waals surface area (Å²) in [6.07, 6.45) is -0.206. The van der Waals surface area contributed by atoms with E-state index in [-0.39, 0.29) is 42.6 Å². The molecule has 0 radical (unpaired) electrons. The van der Waals surface area contributed by atoms with Crippen LogP contribution >= 0.6 is 12.4 Å². The van der Waals surface area contributed by atoms with Gasteiger partial charge in [-0.15, -0.1) is 12.4 Å². The molecule has 31 heavy (non-hydrogen) atoms. The van der Waals surface area contributed by atoms with Crippen LogP contribution in [0, 0.1) is 23.3 Å². The predicted octanol–water partition coefficient (Wildman–Crippen LogP) is 2.91. The normalized spacial score (nSPS) is 14.7. The summed E-state index contributed by atoms with van der Waals surface area (Å²) in [4.78, 5) is 28.0. The number of carbonyl (C=O) groups excluding carboxylic acids is 2. The fraction of sp³-hybridized carbons (Fsp3) is 0.333. The molecule has 0 aromatic heterocycles. The molecule has 2 aromatic carbocycles. The van der Waals surface area contributed by atoms with E-state index in [9.17, 15) is 27.2 Å². The van der Waals surface area contributed by atoms with Crippen molar-refractivity contribution in [3.8, 4) is 0 Å². The molecule has 1 saturated heterocycles. The van der Waals surface area contributed by atoms with Crippen LogP contribution in [0.1, 0.15) is 22.3 Å². The van der Waals surface area contributed by atoms with Crippen molar-refractivity contribution in [3.63, 3.8) is 0 Å². The average Bonchev–Trinajstić information content (AvgIpc) is 2.72. The summed E-state index contributed by atoms with van der Waals surface area (Å²) in [5, 5.41) is 0. The minimum Gasteiger partial charge on any atom is -0.339 e. The summed E-state index contributed by atoms with van der Waals surface area (Å²) in [5.74, 6) is -4.31. The van der Waals surface area contributed by atoms with Crippen LogP contribution in [0.25, 0.3) is 0 Å².